The first-order valence-electron chi connectivity index (χ1n) is 10.5. The third kappa shape index (κ3) is 5.45. The Morgan fingerprint density at radius 1 is 1.18 bits per heavy atom. The smallest absolute Gasteiger partial charge is 0.295 e. The summed E-state index contributed by atoms with van der Waals surface area (Å²) >= 11 is 6.14. The van der Waals surface area contributed by atoms with Crippen LogP contribution in [0.4, 0.5) is 11.4 Å². The fourth-order valence-corrected chi connectivity index (χ4v) is 4.80. The number of amides is 1. The van der Waals surface area contributed by atoms with Gasteiger partial charge >= 0.3 is 0 Å². The molecule has 0 fully saturated rings. The molecule has 0 saturated heterocycles. The maximum absolute atomic E-state index is 12.9. The van der Waals surface area contributed by atoms with Gasteiger partial charge in [0, 0.05) is 20.0 Å². The number of nitrogens with zero attached hydrogens (tertiary/aromatic N) is 3. The lowest BCUT2D eigenvalue weighted by atomic mass is 10.2. The largest absolute Gasteiger partial charge is 0.495 e. The summed E-state index contributed by atoms with van der Waals surface area (Å²) in [5.41, 5.74) is 1.51. The van der Waals surface area contributed by atoms with Gasteiger partial charge in [-0.05, 0) is 43.7 Å². The summed E-state index contributed by atoms with van der Waals surface area (Å²) in [5.74, 6) is 0.0462. The van der Waals surface area contributed by atoms with E-state index in [4.69, 9.17) is 16.3 Å². The van der Waals surface area contributed by atoms with Crippen molar-refractivity contribution < 1.29 is 17.9 Å². The molecule has 1 aromatic heterocycles. The molecule has 34 heavy (non-hydrogen) atoms. The first-order valence-corrected chi connectivity index (χ1v) is 12.7. The lowest BCUT2D eigenvalue weighted by molar-refractivity contribution is -0.116. The summed E-state index contributed by atoms with van der Waals surface area (Å²) in [6.07, 6.45) is 1.35. The topological polar surface area (TPSA) is 103 Å². The lowest BCUT2D eigenvalue weighted by Gasteiger charge is -2.23. The van der Waals surface area contributed by atoms with E-state index in [2.05, 4.69) is 5.32 Å². The Bertz CT molecular complexity index is 1350. The molecule has 0 unspecified atom stereocenters. The van der Waals surface area contributed by atoms with Crippen molar-refractivity contribution in [2.24, 2.45) is 7.05 Å². The van der Waals surface area contributed by atoms with E-state index in [-0.39, 0.29) is 41.6 Å². The number of aromatic nitrogens is 2. The number of carbonyl (C=O) groups is 1. The van der Waals surface area contributed by atoms with Crippen LogP contribution in [0.5, 0.6) is 5.75 Å². The van der Waals surface area contributed by atoms with Gasteiger partial charge in [0.1, 0.15) is 11.4 Å². The molecule has 1 N–H and O–H groups in total. The molecule has 0 spiro atoms. The van der Waals surface area contributed by atoms with E-state index in [1.807, 2.05) is 18.2 Å². The van der Waals surface area contributed by atoms with Crippen LogP contribution in [-0.4, -0.2) is 43.6 Å². The minimum absolute atomic E-state index is 0.0228. The molecule has 0 aliphatic heterocycles. The molecule has 0 saturated carbocycles. The summed E-state index contributed by atoms with van der Waals surface area (Å²) < 4.78 is 34.1. The van der Waals surface area contributed by atoms with Crippen molar-refractivity contribution in [1.82, 2.24) is 9.36 Å². The van der Waals surface area contributed by atoms with Crippen molar-refractivity contribution in [3.63, 3.8) is 0 Å². The van der Waals surface area contributed by atoms with E-state index in [1.54, 1.807) is 42.9 Å². The van der Waals surface area contributed by atoms with Gasteiger partial charge in [-0.3, -0.25) is 18.6 Å². The van der Waals surface area contributed by atoms with Gasteiger partial charge in [-0.25, -0.2) is 13.1 Å². The second-order valence-electron chi connectivity index (χ2n) is 7.74. The Labute approximate surface area is 203 Å². The van der Waals surface area contributed by atoms with Crippen molar-refractivity contribution in [3.05, 3.63) is 69.6 Å². The Hall–Kier alpha value is -3.24. The summed E-state index contributed by atoms with van der Waals surface area (Å²) in [6.45, 7) is 1.81. The summed E-state index contributed by atoms with van der Waals surface area (Å²) in [5, 5.41) is 2.97. The second kappa shape index (κ2) is 10.4. The number of carbonyl (C=O) groups excluding carboxylic acids is 1. The fourth-order valence-electron chi connectivity index (χ4n) is 3.59. The van der Waals surface area contributed by atoms with E-state index in [0.717, 1.165) is 6.26 Å². The van der Waals surface area contributed by atoms with Gasteiger partial charge < -0.3 is 10.1 Å². The van der Waals surface area contributed by atoms with Gasteiger partial charge in [0.2, 0.25) is 15.9 Å². The first-order chi connectivity index (χ1) is 16.0. The van der Waals surface area contributed by atoms with E-state index >= 15 is 0 Å². The highest BCUT2D eigenvalue weighted by Crippen LogP contribution is 2.30. The molecular formula is C23H27ClN4O5S. The van der Waals surface area contributed by atoms with Gasteiger partial charge in [-0.15, -0.1) is 0 Å². The van der Waals surface area contributed by atoms with Crippen molar-refractivity contribution in [3.8, 4) is 11.4 Å². The van der Waals surface area contributed by atoms with Crippen molar-refractivity contribution in [1.29, 1.82) is 0 Å². The number of ether oxygens (including phenoxy) is 1. The van der Waals surface area contributed by atoms with E-state index in [1.165, 1.54) is 22.2 Å². The molecule has 1 heterocycles. The van der Waals surface area contributed by atoms with Crippen LogP contribution in [-0.2, 0) is 21.9 Å². The third-order valence-corrected chi connectivity index (χ3v) is 6.90. The Morgan fingerprint density at radius 3 is 2.44 bits per heavy atom. The van der Waals surface area contributed by atoms with E-state index in [0.29, 0.717) is 22.8 Å². The molecule has 11 heteroatoms. The number of hydrogen-bond acceptors (Lipinski definition) is 5. The molecular weight excluding hydrogens is 480 g/mol. The molecule has 0 radical (unpaired) electrons. The molecule has 0 aliphatic carbocycles. The van der Waals surface area contributed by atoms with Crippen LogP contribution in [0.25, 0.3) is 5.69 Å². The van der Waals surface area contributed by atoms with Crippen molar-refractivity contribution in [2.45, 2.75) is 19.8 Å². The normalized spacial score (nSPS) is 11.3. The molecule has 2 aromatic carbocycles. The molecule has 0 bridgehead atoms. The minimum atomic E-state index is -3.61. The van der Waals surface area contributed by atoms with Crippen LogP contribution in [0.2, 0.25) is 5.02 Å². The zero-order valence-electron chi connectivity index (χ0n) is 19.4. The minimum Gasteiger partial charge on any atom is -0.495 e. The maximum Gasteiger partial charge on any atom is 0.295 e. The average Bonchev–Trinajstić information content (AvgIpc) is 2.99. The molecule has 3 rings (SSSR count). The van der Waals surface area contributed by atoms with Gasteiger partial charge in [0.25, 0.3) is 5.56 Å². The number of methoxy groups -OCH3 is 1. The van der Waals surface area contributed by atoms with Gasteiger partial charge in [-0.1, -0.05) is 29.8 Å². The summed E-state index contributed by atoms with van der Waals surface area (Å²) in [4.78, 5) is 25.6. The standard InChI is InChI=1S/C23H27ClN4O5S/c1-16-22(23(30)28(26(16)2)17-9-6-5-7-10-17)25-21(29)11-8-14-27(34(4,31)32)18-12-13-20(33-3)19(24)15-18/h5-7,9-10,12-13,15H,8,11,14H2,1-4H3,(H,25,29). The number of sulfonamides is 1. The second-order valence-corrected chi connectivity index (χ2v) is 10.1. The molecule has 0 atom stereocenters. The van der Waals surface area contributed by atoms with Crippen molar-refractivity contribution >= 4 is 38.9 Å². The SMILES string of the molecule is COc1ccc(N(CCCC(=O)Nc2c(C)n(C)n(-c3ccccc3)c2=O)S(C)(=O)=O)cc1Cl. The number of nitrogens with one attached hydrogen (secondary N) is 1. The third-order valence-electron chi connectivity index (χ3n) is 5.41. The van der Waals surface area contributed by atoms with E-state index < -0.39 is 10.0 Å². The highest BCUT2D eigenvalue weighted by Gasteiger charge is 2.21. The molecule has 182 valence electrons. The number of hydrogen-bond donors (Lipinski definition) is 1. The summed E-state index contributed by atoms with van der Waals surface area (Å²) in [7, 11) is -0.403. The maximum atomic E-state index is 12.9. The predicted molar refractivity (Wildman–Crippen MR) is 134 cm³/mol. The zero-order valence-corrected chi connectivity index (χ0v) is 21.0. The molecule has 0 aliphatic rings. The zero-order chi connectivity index (χ0) is 25.0. The molecule has 3 aromatic rings. The number of halogens is 1. The molecule has 9 nitrogen and oxygen atoms in total. The van der Waals surface area contributed by atoms with E-state index in [9.17, 15) is 18.0 Å². The van der Waals surface area contributed by atoms with Gasteiger partial charge in [0.15, 0.2) is 0 Å². The van der Waals surface area contributed by atoms with Crippen LogP contribution in [0.3, 0.4) is 0 Å². The molecule has 1 amide bonds. The first kappa shape index (κ1) is 25.4. The Kier molecular flexibility index (Phi) is 7.73. The average molecular weight is 507 g/mol. The highest BCUT2D eigenvalue weighted by molar-refractivity contribution is 7.92. The highest BCUT2D eigenvalue weighted by atomic mass is 35.5. The van der Waals surface area contributed by atoms with Gasteiger partial charge in [0.05, 0.1) is 35.5 Å². The Balaban J connectivity index is 1.71. The predicted octanol–water partition coefficient (Wildman–Crippen LogP) is 3.33. The number of para-hydroxylation sites is 1. The number of benzene rings is 2. The lowest BCUT2D eigenvalue weighted by Crippen LogP contribution is -2.31. The number of rotatable bonds is 9. The number of anilines is 2. The van der Waals surface area contributed by atoms with Crippen LogP contribution in [0, 0.1) is 6.92 Å². The van der Waals surface area contributed by atoms with Crippen LogP contribution >= 0.6 is 11.6 Å². The summed E-state index contributed by atoms with van der Waals surface area (Å²) in [6, 6.07) is 13.8. The van der Waals surface area contributed by atoms with Crippen molar-refractivity contribution in [2.75, 3.05) is 29.5 Å². The quantitative estimate of drug-likeness (QED) is 0.479. The van der Waals surface area contributed by atoms with Crippen LogP contribution < -0.4 is 19.9 Å². The van der Waals surface area contributed by atoms with Gasteiger partial charge in [-0.2, -0.15) is 0 Å². The fraction of sp³-hybridized carbons (Fsp3) is 0.304. The van der Waals surface area contributed by atoms with Crippen LogP contribution in [0.15, 0.2) is 53.3 Å². The Morgan fingerprint density at radius 2 is 1.85 bits per heavy atom. The monoisotopic (exact) mass is 506 g/mol. The van der Waals surface area contributed by atoms with Crippen LogP contribution in [0.1, 0.15) is 18.5 Å².